The van der Waals surface area contributed by atoms with Crippen molar-refractivity contribution < 1.29 is 0 Å². The molecule has 1 rings (SSSR count). The van der Waals surface area contributed by atoms with Crippen LogP contribution in [0.1, 0.15) is 12.5 Å². The van der Waals surface area contributed by atoms with Crippen LogP contribution in [0.15, 0.2) is 35.4 Å². The fraction of sp³-hybridized carbons (Fsp3) is 0.333. The average molecular weight is 161 g/mol. The molecule has 0 aromatic heterocycles. The number of hydrogen-bond donors (Lipinski definition) is 0. The van der Waals surface area contributed by atoms with Gasteiger partial charge in [-0.05, 0) is 17.5 Å². The van der Waals surface area contributed by atoms with E-state index in [-0.39, 0.29) is 6.04 Å². The zero-order valence-corrected chi connectivity index (χ0v) is 7.01. The average Bonchev–Trinajstić information content (AvgIpc) is 2.06. The van der Waals surface area contributed by atoms with E-state index in [4.69, 9.17) is 5.53 Å². The smallest absolute Gasteiger partial charge is 0.0386 e. The van der Waals surface area contributed by atoms with Crippen LogP contribution in [-0.2, 0) is 6.42 Å². The maximum atomic E-state index is 8.17. The lowest BCUT2D eigenvalue weighted by atomic mass is 10.1. The Hall–Kier alpha value is -1.47. The van der Waals surface area contributed by atoms with Crippen molar-refractivity contribution in [2.24, 2.45) is 5.11 Å². The highest BCUT2D eigenvalue weighted by Crippen LogP contribution is 2.04. The zero-order valence-electron chi connectivity index (χ0n) is 7.01. The maximum absolute atomic E-state index is 8.17. The van der Waals surface area contributed by atoms with Gasteiger partial charge >= 0.3 is 0 Å². The molecule has 0 aliphatic carbocycles. The van der Waals surface area contributed by atoms with E-state index in [1.54, 1.807) is 0 Å². The van der Waals surface area contributed by atoms with Gasteiger partial charge in [0.2, 0.25) is 0 Å². The Bertz CT molecular complexity index is 275. The molecule has 0 amide bonds. The van der Waals surface area contributed by atoms with Crippen LogP contribution < -0.4 is 0 Å². The summed E-state index contributed by atoms with van der Waals surface area (Å²) in [5.41, 5.74) is 9.38. The minimum atomic E-state index is 0.0393. The fourth-order valence-corrected chi connectivity index (χ4v) is 1.08. The zero-order chi connectivity index (χ0) is 8.81. The van der Waals surface area contributed by atoms with Gasteiger partial charge in [0.15, 0.2) is 0 Å². The molecule has 1 aromatic carbocycles. The number of azide groups is 1. The molecule has 62 valence electrons. The van der Waals surface area contributed by atoms with Crippen molar-refractivity contribution in [1.29, 1.82) is 0 Å². The monoisotopic (exact) mass is 161 g/mol. The molecule has 0 aliphatic heterocycles. The van der Waals surface area contributed by atoms with Crippen molar-refractivity contribution in [1.82, 2.24) is 0 Å². The first kappa shape index (κ1) is 8.62. The first-order valence-corrected chi connectivity index (χ1v) is 3.91. The lowest BCUT2D eigenvalue weighted by Crippen LogP contribution is -2.00. The molecule has 0 radical (unpaired) electrons. The summed E-state index contributed by atoms with van der Waals surface area (Å²) in [5.74, 6) is 0. The summed E-state index contributed by atoms with van der Waals surface area (Å²) in [7, 11) is 0. The Labute approximate surface area is 71.7 Å². The summed E-state index contributed by atoms with van der Waals surface area (Å²) in [6.45, 7) is 1.91. The van der Waals surface area contributed by atoms with Gasteiger partial charge in [0, 0.05) is 11.0 Å². The second-order valence-corrected chi connectivity index (χ2v) is 2.74. The summed E-state index contributed by atoms with van der Waals surface area (Å²) in [6.07, 6.45) is 0.810. The quantitative estimate of drug-likeness (QED) is 0.372. The van der Waals surface area contributed by atoms with Gasteiger partial charge in [0.05, 0.1) is 0 Å². The highest BCUT2D eigenvalue weighted by Gasteiger charge is 1.98. The predicted octanol–water partition coefficient (Wildman–Crippen LogP) is 2.93. The Balaban J connectivity index is 2.58. The highest BCUT2D eigenvalue weighted by molar-refractivity contribution is 5.15. The molecule has 12 heavy (non-hydrogen) atoms. The number of nitrogens with zero attached hydrogens (tertiary/aromatic N) is 3. The minimum absolute atomic E-state index is 0.0393. The molecule has 3 heteroatoms. The standard InChI is InChI=1S/C9H11N3/c1-8(11-12-10)7-9-5-3-2-4-6-9/h2-6,8H,7H2,1H3. The topological polar surface area (TPSA) is 48.8 Å². The van der Waals surface area contributed by atoms with Crippen molar-refractivity contribution in [3.63, 3.8) is 0 Å². The summed E-state index contributed by atoms with van der Waals surface area (Å²) in [5, 5.41) is 3.60. The second-order valence-electron chi connectivity index (χ2n) is 2.74. The van der Waals surface area contributed by atoms with E-state index < -0.39 is 0 Å². The molecule has 0 bridgehead atoms. The summed E-state index contributed by atoms with van der Waals surface area (Å²) in [4.78, 5) is 2.76. The van der Waals surface area contributed by atoms with Crippen LogP contribution in [0.25, 0.3) is 10.4 Å². The minimum Gasteiger partial charge on any atom is -0.0906 e. The Morgan fingerprint density at radius 3 is 2.67 bits per heavy atom. The number of rotatable bonds is 3. The van der Waals surface area contributed by atoms with Gasteiger partial charge in [-0.15, -0.1) is 0 Å². The molecule has 0 saturated carbocycles. The van der Waals surface area contributed by atoms with E-state index in [1.807, 2.05) is 37.3 Å². The molecule has 0 aliphatic rings. The first-order chi connectivity index (χ1) is 5.83. The van der Waals surface area contributed by atoms with Crippen molar-refractivity contribution in [2.45, 2.75) is 19.4 Å². The molecule has 1 atom stereocenters. The van der Waals surface area contributed by atoms with Crippen molar-refractivity contribution >= 4 is 0 Å². The van der Waals surface area contributed by atoms with Crippen LogP contribution in [0.3, 0.4) is 0 Å². The Morgan fingerprint density at radius 1 is 1.42 bits per heavy atom. The highest BCUT2D eigenvalue weighted by atomic mass is 15.1. The third kappa shape index (κ3) is 2.64. The van der Waals surface area contributed by atoms with Crippen LogP contribution in [0.4, 0.5) is 0 Å². The van der Waals surface area contributed by atoms with Crippen LogP contribution in [-0.4, -0.2) is 6.04 Å². The summed E-state index contributed by atoms with van der Waals surface area (Å²) in [6, 6.07) is 10.0. The molecule has 3 nitrogen and oxygen atoms in total. The normalized spacial score (nSPS) is 11.8. The van der Waals surface area contributed by atoms with Crippen molar-refractivity contribution in [3.05, 3.63) is 46.3 Å². The third-order valence-electron chi connectivity index (χ3n) is 1.62. The maximum Gasteiger partial charge on any atom is 0.0386 e. The molecule has 1 unspecified atom stereocenters. The van der Waals surface area contributed by atoms with E-state index in [0.717, 1.165) is 6.42 Å². The van der Waals surface area contributed by atoms with Crippen LogP contribution in [0.5, 0.6) is 0 Å². The summed E-state index contributed by atoms with van der Waals surface area (Å²) < 4.78 is 0. The van der Waals surface area contributed by atoms with Crippen LogP contribution in [0.2, 0.25) is 0 Å². The summed E-state index contributed by atoms with van der Waals surface area (Å²) >= 11 is 0. The SMILES string of the molecule is CC(Cc1ccccc1)N=[N+]=[N-]. The molecule has 0 fully saturated rings. The number of benzene rings is 1. The van der Waals surface area contributed by atoms with E-state index in [0.29, 0.717) is 0 Å². The molecular formula is C9H11N3. The van der Waals surface area contributed by atoms with Gasteiger partial charge < -0.3 is 0 Å². The van der Waals surface area contributed by atoms with Gasteiger partial charge in [-0.2, -0.15) is 0 Å². The van der Waals surface area contributed by atoms with Gasteiger partial charge in [-0.25, -0.2) is 0 Å². The molecule has 0 spiro atoms. The first-order valence-electron chi connectivity index (χ1n) is 3.91. The van der Waals surface area contributed by atoms with E-state index in [1.165, 1.54) is 5.56 Å². The van der Waals surface area contributed by atoms with Crippen LogP contribution in [0, 0.1) is 0 Å². The van der Waals surface area contributed by atoms with Gasteiger partial charge in [0.1, 0.15) is 0 Å². The van der Waals surface area contributed by atoms with Gasteiger partial charge in [0.25, 0.3) is 0 Å². The van der Waals surface area contributed by atoms with E-state index >= 15 is 0 Å². The van der Waals surface area contributed by atoms with Gasteiger partial charge in [-0.1, -0.05) is 42.4 Å². The Morgan fingerprint density at radius 2 is 2.08 bits per heavy atom. The lowest BCUT2D eigenvalue weighted by molar-refractivity contribution is 0.731. The van der Waals surface area contributed by atoms with E-state index in [9.17, 15) is 0 Å². The predicted molar refractivity (Wildman–Crippen MR) is 48.8 cm³/mol. The van der Waals surface area contributed by atoms with Crippen LogP contribution >= 0.6 is 0 Å². The molecule has 1 aromatic rings. The molecular weight excluding hydrogens is 150 g/mol. The number of hydrogen-bond acceptors (Lipinski definition) is 1. The third-order valence-corrected chi connectivity index (χ3v) is 1.62. The Kier molecular flexibility index (Phi) is 3.17. The molecule has 0 saturated heterocycles. The van der Waals surface area contributed by atoms with Crippen molar-refractivity contribution in [3.8, 4) is 0 Å². The lowest BCUT2D eigenvalue weighted by Gasteiger charge is -2.02. The van der Waals surface area contributed by atoms with Gasteiger partial charge in [-0.3, -0.25) is 0 Å². The van der Waals surface area contributed by atoms with E-state index in [2.05, 4.69) is 10.0 Å². The second kappa shape index (κ2) is 4.42. The largest absolute Gasteiger partial charge is 0.0906 e. The molecule has 0 N–H and O–H groups in total. The fourth-order valence-electron chi connectivity index (χ4n) is 1.08. The molecule has 0 heterocycles. The van der Waals surface area contributed by atoms with Crippen molar-refractivity contribution in [2.75, 3.05) is 0 Å².